The molecule has 2 radical (unpaired) electrons. The first-order valence-corrected chi connectivity index (χ1v) is 3.81. The maximum atomic E-state index is 5.54. The molecule has 0 fully saturated rings. The predicted molar refractivity (Wildman–Crippen MR) is 45.0 cm³/mol. The number of nitrogens with one attached hydrogen (secondary N) is 1. The number of fused-ring (bicyclic) bond motifs is 1. The van der Waals surface area contributed by atoms with Crippen molar-refractivity contribution >= 4 is 13.4 Å². The number of aromatic nitrogens is 1. The molecule has 0 amide bonds. The lowest BCUT2D eigenvalue weighted by atomic mass is 9.99. The highest BCUT2D eigenvalue weighted by Gasteiger charge is 2.08. The van der Waals surface area contributed by atoms with Crippen LogP contribution in [-0.4, -0.2) is 19.4 Å². The second-order valence-electron chi connectivity index (χ2n) is 2.77. The van der Waals surface area contributed by atoms with Gasteiger partial charge in [0.15, 0.2) is 0 Å². The van der Waals surface area contributed by atoms with Crippen LogP contribution in [0.4, 0.5) is 0 Å². The lowest BCUT2D eigenvalue weighted by Crippen LogP contribution is -2.27. The molecule has 0 saturated heterocycles. The van der Waals surface area contributed by atoms with Crippen LogP contribution in [0.5, 0.6) is 0 Å². The third-order valence-corrected chi connectivity index (χ3v) is 1.95. The minimum Gasteiger partial charge on any atom is -0.311 e. The Balaban J connectivity index is 2.43. The quantitative estimate of drug-likeness (QED) is 0.497. The van der Waals surface area contributed by atoms with Gasteiger partial charge in [-0.15, -0.1) is 0 Å². The van der Waals surface area contributed by atoms with Crippen molar-refractivity contribution in [3.8, 4) is 0 Å². The van der Waals surface area contributed by atoms with Crippen molar-refractivity contribution in [1.82, 2.24) is 10.3 Å². The third kappa shape index (κ3) is 1.28. The van der Waals surface area contributed by atoms with Crippen molar-refractivity contribution in [2.24, 2.45) is 0 Å². The van der Waals surface area contributed by atoms with Crippen LogP contribution in [0.1, 0.15) is 11.3 Å². The van der Waals surface area contributed by atoms with E-state index in [2.05, 4.69) is 16.4 Å². The minimum atomic E-state index is 0.618. The maximum Gasteiger partial charge on any atom is 0.141 e. The summed E-state index contributed by atoms with van der Waals surface area (Å²) in [7, 11) is 5.54. The molecule has 1 aromatic heterocycles. The van der Waals surface area contributed by atoms with Gasteiger partial charge in [0.1, 0.15) is 7.85 Å². The molecule has 54 valence electrons. The number of hydrogen-bond acceptors (Lipinski definition) is 2. The molecule has 0 atom stereocenters. The Bertz CT molecular complexity index is 273. The largest absolute Gasteiger partial charge is 0.311 e. The van der Waals surface area contributed by atoms with Crippen LogP contribution in [0.3, 0.4) is 0 Å². The van der Waals surface area contributed by atoms with E-state index < -0.39 is 0 Å². The fraction of sp³-hybridized carbons (Fsp3) is 0.375. The normalized spacial score (nSPS) is 16.0. The molecule has 0 bridgehead atoms. The lowest BCUT2D eigenvalue weighted by Gasteiger charge is -2.15. The zero-order chi connectivity index (χ0) is 7.68. The average Bonchev–Trinajstić information content (AvgIpc) is 2.04. The summed E-state index contributed by atoms with van der Waals surface area (Å²) in [6.07, 6.45) is 1.07. The monoisotopic (exact) mass is 144 g/mol. The Morgan fingerprint density at radius 2 is 2.36 bits per heavy atom. The zero-order valence-corrected chi connectivity index (χ0v) is 6.30. The number of pyridine rings is 1. The smallest absolute Gasteiger partial charge is 0.141 e. The highest BCUT2D eigenvalue weighted by atomic mass is 14.9. The van der Waals surface area contributed by atoms with Crippen LogP contribution < -0.4 is 10.9 Å². The predicted octanol–water partition coefficient (Wildman–Crippen LogP) is -0.479. The summed E-state index contributed by atoms with van der Waals surface area (Å²) in [5.74, 6) is 0. The molecular weight excluding hydrogens is 135 g/mol. The maximum absolute atomic E-state index is 5.54. The Morgan fingerprint density at radius 3 is 3.27 bits per heavy atom. The minimum absolute atomic E-state index is 0.618. The first kappa shape index (κ1) is 6.86. The molecular formula is C8H9BN2. The fourth-order valence-electron chi connectivity index (χ4n) is 1.36. The van der Waals surface area contributed by atoms with Crippen LogP contribution in [-0.2, 0) is 13.0 Å². The van der Waals surface area contributed by atoms with Gasteiger partial charge in [-0.1, -0.05) is 12.1 Å². The molecule has 1 aliphatic heterocycles. The van der Waals surface area contributed by atoms with Crippen molar-refractivity contribution in [2.45, 2.75) is 13.0 Å². The van der Waals surface area contributed by atoms with E-state index >= 15 is 0 Å². The van der Waals surface area contributed by atoms with Crippen molar-refractivity contribution in [3.63, 3.8) is 0 Å². The molecule has 2 rings (SSSR count). The standard InChI is InChI=1S/C8H9BN2/c9-8-2-1-6-3-4-10-5-7(6)11-8/h1-2,10H,3-5H2. The van der Waals surface area contributed by atoms with Crippen molar-refractivity contribution in [2.75, 3.05) is 6.54 Å². The molecule has 2 nitrogen and oxygen atoms in total. The van der Waals surface area contributed by atoms with E-state index in [4.69, 9.17) is 7.85 Å². The van der Waals surface area contributed by atoms with Gasteiger partial charge in [0.05, 0.1) is 5.69 Å². The van der Waals surface area contributed by atoms with Crippen molar-refractivity contribution in [1.29, 1.82) is 0 Å². The van der Waals surface area contributed by atoms with E-state index in [1.807, 2.05) is 6.07 Å². The zero-order valence-electron chi connectivity index (χ0n) is 6.30. The Kier molecular flexibility index (Phi) is 1.66. The molecule has 2 heterocycles. The van der Waals surface area contributed by atoms with Crippen molar-refractivity contribution in [3.05, 3.63) is 23.4 Å². The van der Waals surface area contributed by atoms with Gasteiger partial charge in [0.2, 0.25) is 0 Å². The molecule has 0 spiro atoms. The van der Waals surface area contributed by atoms with Crippen LogP contribution in [0.15, 0.2) is 12.1 Å². The van der Waals surface area contributed by atoms with Crippen LogP contribution >= 0.6 is 0 Å². The molecule has 0 saturated carbocycles. The molecule has 0 aromatic carbocycles. The van der Waals surface area contributed by atoms with Gasteiger partial charge in [-0.3, -0.25) is 4.98 Å². The van der Waals surface area contributed by atoms with Gasteiger partial charge in [-0.05, 0) is 24.1 Å². The first-order chi connectivity index (χ1) is 5.36. The van der Waals surface area contributed by atoms with E-state index in [1.54, 1.807) is 0 Å². The summed E-state index contributed by atoms with van der Waals surface area (Å²) in [5, 5.41) is 3.25. The summed E-state index contributed by atoms with van der Waals surface area (Å²) >= 11 is 0. The Hall–Kier alpha value is -0.825. The molecule has 3 heteroatoms. The first-order valence-electron chi connectivity index (χ1n) is 3.81. The summed E-state index contributed by atoms with van der Waals surface area (Å²) in [6.45, 7) is 1.92. The van der Waals surface area contributed by atoms with Crippen LogP contribution in [0.25, 0.3) is 0 Å². The lowest BCUT2D eigenvalue weighted by molar-refractivity contribution is 0.629. The summed E-state index contributed by atoms with van der Waals surface area (Å²) in [5.41, 5.74) is 3.06. The number of nitrogens with zero attached hydrogens (tertiary/aromatic N) is 1. The highest BCUT2D eigenvalue weighted by molar-refractivity contribution is 6.30. The van der Waals surface area contributed by atoms with Crippen LogP contribution in [0.2, 0.25) is 0 Å². The summed E-state index contributed by atoms with van der Waals surface area (Å²) < 4.78 is 0. The highest BCUT2D eigenvalue weighted by Crippen LogP contribution is 2.07. The number of rotatable bonds is 0. The molecule has 0 unspecified atom stereocenters. The van der Waals surface area contributed by atoms with Crippen molar-refractivity contribution < 1.29 is 0 Å². The SMILES string of the molecule is [B]c1ccc2c(n1)CNCC2. The topological polar surface area (TPSA) is 24.9 Å². The second kappa shape index (κ2) is 2.66. The Labute approximate surface area is 67.4 Å². The van der Waals surface area contributed by atoms with E-state index in [0.29, 0.717) is 5.59 Å². The van der Waals surface area contributed by atoms with E-state index in [1.165, 1.54) is 5.56 Å². The van der Waals surface area contributed by atoms with Gasteiger partial charge in [0, 0.05) is 6.54 Å². The van der Waals surface area contributed by atoms with E-state index in [-0.39, 0.29) is 0 Å². The van der Waals surface area contributed by atoms with Gasteiger partial charge in [-0.25, -0.2) is 0 Å². The van der Waals surface area contributed by atoms with E-state index in [0.717, 1.165) is 25.2 Å². The molecule has 1 aliphatic rings. The van der Waals surface area contributed by atoms with Crippen LogP contribution in [0, 0.1) is 0 Å². The fourth-order valence-corrected chi connectivity index (χ4v) is 1.36. The second-order valence-corrected chi connectivity index (χ2v) is 2.77. The van der Waals surface area contributed by atoms with Gasteiger partial charge < -0.3 is 5.32 Å². The Morgan fingerprint density at radius 1 is 1.45 bits per heavy atom. The molecule has 1 N–H and O–H groups in total. The van der Waals surface area contributed by atoms with Gasteiger partial charge in [-0.2, -0.15) is 0 Å². The average molecular weight is 144 g/mol. The van der Waals surface area contributed by atoms with Gasteiger partial charge >= 0.3 is 0 Å². The molecule has 11 heavy (non-hydrogen) atoms. The summed E-state index contributed by atoms with van der Waals surface area (Å²) in [6, 6.07) is 3.93. The third-order valence-electron chi connectivity index (χ3n) is 1.95. The van der Waals surface area contributed by atoms with E-state index in [9.17, 15) is 0 Å². The summed E-state index contributed by atoms with van der Waals surface area (Å²) in [4.78, 5) is 4.23. The molecule has 1 aromatic rings. The number of hydrogen-bond donors (Lipinski definition) is 1. The van der Waals surface area contributed by atoms with Gasteiger partial charge in [0.25, 0.3) is 0 Å². The molecule has 0 aliphatic carbocycles.